The van der Waals surface area contributed by atoms with Gasteiger partial charge in [0.1, 0.15) is 35.0 Å². The molecule has 0 radical (unpaired) electrons. The van der Waals surface area contributed by atoms with Gasteiger partial charge in [-0.2, -0.15) is 0 Å². The zero-order valence-corrected chi connectivity index (χ0v) is 42.8. The third kappa shape index (κ3) is 8.93. The number of amides is 4. The van der Waals surface area contributed by atoms with E-state index in [2.05, 4.69) is 17.2 Å². The average Bonchev–Trinajstić information content (AvgIpc) is 3.92. The first-order valence-electron chi connectivity index (χ1n) is 25.7. The lowest BCUT2D eigenvalue weighted by atomic mass is 9.64. The van der Waals surface area contributed by atoms with Crippen LogP contribution in [-0.4, -0.2) is 95.4 Å². The molecule has 10 rings (SSSR count). The number of morpholine rings is 1. The molecule has 5 aromatic carbocycles. The van der Waals surface area contributed by atoms with E-state index < -0.39 is 82.9 Å². The normalized spacial score (nSPS) is 24.2. The first-order valence-corrected chi connectivity index (χ1v) is 25.7. The molecule has 1 spiro atoms. The predicted molar refractivity (Wildman–Crippen MR) is 277 cm³/mol. The summed E-state index contributed by atoms with van der Waals surface area (Å²) >= 11 is 0. The van der Waals surface area contributed by atoms with E-state index in [9.17, 15) is 15.0 Å². The third-order valence-corrected chi connectivity index (χ3v) is 15.9. The predicted octanol–water partition coefficient (Wildman–Crippen LogP) is 8.00. The van der Waals surface area contributed by atoms with Gasteiger partial charge in [-0.3, -0.25) is 19.3 Å². The number of carbonyl (C=O) groups is 5. The molecule has 3 fully saturated rings. The minimum Gasteiger partial charge on any atom is -0.508 e. The fourth-order valence-corrected chi connectivity index (χ4v) is 12.3. The number of phenols is 1. The number of carbonyl (C=O) groups excluding carboxylic acids is 5. The van der Waals surface area contributed by atoms with Gasteiger partial charge >= 0.3 is 18.0 Å². The Hall–Kier alpha value is -7.67. The van der Waals surface area contributed by atoms with Crippen molar-refractivity contribution in [3.8, 4) is 29.1 Å². The molecule has 15 nitrogen and oxygen atoms in total. The van der Waals surface area contributed by atoms with Crippen LogP contribution in [0.25, 0.3) is 0 Å². The second kappa shape index (κ2) is 20.6. The number of benzene rings is 5. The number of fused-ring (bicyclic) bond motifs is 4. The van der Waals surface area contributed by atoms with Crippen molar-refractivity contribution in [3.63, 3.8) is 0 Å². The van der Waals surface area contributed by atoms with E-state index in [1.807, 2.05) is 77.7 Å². The lowest BCUT2D eigenvalue weighted by Crippen LogP contribution is -2.58. The van der Waals surface area contributed by atoms with Crippen LogP contribution in [0.15, 0.2) is 115 Å². The Labute approximate surface area is 436 Å². The average molecular weight is 1020 g/mol. The van der Waals surface area contributed by atoms with Gasteiger partial charge in [0.15, 0.2) is 11.5 Å². The highest BCUT2D eigenvalue weighted by Gasteiger charge is 2.76. The van der Waals surface area contributed by atoms with Crippen molar-refractivity contribution in [2.24, 2.45) is 11.8 Å². The Morgan fingerprint density at radius 3 is 2.04 bits per heavy atom. The molecule has 2 saturated heterocycles. The topological polar surface area (TPSA) is 184 Å². The number of rotatable bonds is 9. The van der Waals surface area contributed by atoms with Crippen LogP contribution in [-0.2, 0) is 47.0 Å². The summed E-state index contributed by atoms with van der Waals surface area (Å²) in [5.41, 5.74) is 0.869. The molecule has 1 saturated carbocycles. The van der Waals surface area contributed by atoms with Crippen molar-refractivity contribution in [2.75, 3.05) is 32.8 Å². The molecule has 15 heteroatoms. The van der Waals surface area contributed by atoms with Crippen LogP contribution in [0.1, 0.15) is 110 Å². The monoisotopic (exact) mass is 1010 g/mol. The highest BCUT2D eigenvalue weighted by Crippen LogP contribution is 2.66. The number of hydrogen-bond donors (Lipinski definition) is 3. The second-order valence-corrected chi connectivity index (χ2v) is 20.6. The number of ether oxygens (including phenoxy) is 4. The highest BCUT2D eigenvalue weighted by atomic mass is 16.6. The fraction of sp³-hybridized carbons (Fsp3) is 0.383. The second-order valence-electron chi connectivity index (χ2n) is 20.6. The summed E-state index contributed by atoms with van der Waals surface area (Å²) < 4.78 is 23.2. The van der Waals surface area contributed by atoms with Gasteiger partial charge in [-0.05, 0) is 114 Å². The Bertz CT molecular complexity index is 3070. The summed E-state index contributed by atoms with van der Waals surface area (Å²) in [5.74, 6) is 2.41. The van der Waals surface area contributed by atoms with Crippen LogP contribution >= 0.6 is 0 Å². The summed E-state index contributed by atoms with van der Waals surface area (Å²) in [5, 5.41) is 25.5. The van der Waals surface area contributed by atoms with Crippen molar-refractivity contribution >= 4 is 35.5 Å². The molecule has 7 atom stereocenters. The number of nitrogens with one attached hydrogen (secondary N) is 1. The van der Waals surface area contributed by atoms with E-state index in [1.54, 1.807) is 56.2 Å². The standard InChI is InChI=1S/C60H62N4O11/c1-36(2)49(55(67)74-5)61-58(70)63-45-25-20-37(26-30-59(71)28-14-6-7-15-29-59)32-44(45)60(57(63)69)48(54(66)62-31-27-41-33-46(72-3)47(73-4)34-42(41)35-62)51-56(68)75-52(39-18-12-9-13-19-39)50(38-16-10-8-11-17-38)64(51)53(60)40-21-23-43(65)24-22-40/h8-13,16-25,32-34,36,48-53,65,71H,6-7,14-15,27-29,31,35H2,1-5H3,(H,61,70). The van der Waals surface area contributed by atoms with Gasteiger partial charge in [0.05, 0.1) is 45.0 Å². The van der Waals surface area contributed by atoms with Crippen molar-refractivity contribution < 1.29 is 53.1 Å². The molecule has 4 heterocycles. The molecule has 3 N–H and O–H groups in total. The number of imide groups is 1. The van der Waals surface area contributed by atoms with Gasteiger partial charge in [0.25, 0.3) is 0 Å². The highest BCUT2D eigenvalue weighted by molar-refractivity contribution is 6.25. The van der Waals surface area contributed by atoms with Crippen LogP contribution in [0.2, 0.25) is 0 Å². The van der Waals surface area contributed by atoms with E-state index in [0.717, 1.165) is 47.3 Å². The summed E-state index contributed by atoms with van der Waals surface area (Å²) in [6.45, 7) is 3.74. The molecule has 5 aromatic rings. The Kier molecular flexibility index (Phi) is 13.9. The van der Waals surface area contributed by atoms with Crippen LogP contribution in [0.4, 0.5) is 10.5 Å². The lowest BCUT2D eigenvalue weighted by molar-refractivity contribution is -0.179. The first kappa shape index (κ1) is 50.8. The quantitative estimate of drug-likeness (QED) is 0.0736. The minimum absolute atomic E-state index is 0.0652. The molecule has 4 aliphatic heterocycles. The molecule has 0 bridgehead atoms. The molecule has 4 amide bonds. The van der Waals surface area contributed by atoms with Crippen LogP contribution < -0.4 is 19.7 Å². The Morgan fingerprint density at radius 1 is 0.773 bits per heavy atom. The number of phenolic OH excluding ortho intramolecular Hbond substituents is 1. The molecule has 5 aliphatic rings. The fourth-order valence-electron chi connectivity index (χ4n) is 12.3. The van der Waals surface area contributed by atoms with E-state index >= 15 is 19.2 Å². The summed E-state index contributed by atoms with van der Waals surface area (Å²) in [6, 6.07) is 28.1. The van der Waals surface area contributed by atoms with E-state index in [4.69, 9.17) is 18.9 Å². The number of aliphatic hydroxyl groups is 1. The van der Waals surface area contributed by atoms with Crippen molar-refractivity contribution in [1.29, 1.82) is 0 Å². The number of anilines is 1. The Balaban J connectivity index is 1.26. The molecule has 75 heavy (non-hydrogen) atoms. The largest absolute Gasteiger partial charge is 0.508 e. The minimum atomic E-state index is -2.14. The van der Waals surface area contributed by atoms with Crippen molar-refractivity contribution in [1.82, 2.24) is 15.1 Å². The molecular formula is C60H62N4O11. The maximum atomic E-state index is 16.9. The van der Waals surface area contributed by atoms with Crippen LogP contribution in [0.3, 0.4) is 0 Å². The summed E-state index contributed by atoms with van der Waals surface area (Å²) in [7, 11) is 4.31. The molecular weight excluding hydrogens is 953 g/mol. The zero-order valence-electron chi connectivity index (χ0n) is 42.8. The lowest BCUT2D eigenvalue weighted by Gasteiger charge is -2.46. The number of aromatic hydroxyl groups is 1. The maximum absolute atomic E-state index is 16.9. The van der Waals surface area contributed by atoms with Gasteiger partial charge in [-0.1, -0.05) is 111 Å². The maximum Gasteiger partial charge on any atom is 0.329 e. The third-order valence-electron chi connectivity index (χ3n) is 15.9. The van der Waals surface area contributed by atoms with Gasteiger partial charge in [-0.15, -0.1) is 0 Å². The van der Waals surface area contributed by atoms with Crippen LogP contribution in [0, 0.1) is 23.7 Å². The molecule has 0 aromatic heterocycles. The van der Waals surface area contributed by atoms with Crippen molar-refractivity contribution in [3.05, 3.63) is 154 Å². The molecule has 388 valence electrons. The summed E-state index contributed by atoms with van der Waals surface area (Å²) in [4.78, 5) is 82.4. The number of cyclic esters (lactones) is 1. The number of esters is 2. The number of hydrogen-bond acceptors (Lipinski definition) is 12. The Morgan fingerprint density at radius 2 is 1.41 bits per heavy atom. The van der Waals surface area contributed by atoms with E-state index in [-0.39, 0.29) is 30.1 Å². The first-order chi connectivity index (χ1) is 36.2. The van der Waals surface area contributed by atoms with Gasteiger partial charge in [0.2, 0.25) is 11.8 Å². The number of nitrogens with zero attached hydrogens (tertiary/aromatic N) is 3. The molecule has 1 aliphatic carbocycles. The van der Waals surface area contributed by atoms with Gasteiger partial charge in [-0.25, -0.2) is 14.5 Å². The summed E-state index contributed by atoms with van der Waals surface area (Å²) in [6.07, 6.45) is 3.97. The number of urea groups is 1. The zero-order chi connectivity index (χ0) is 52.8. The van der Waals surface area contributed by atoms with Gasteiger partial charge < -0.3 is 39.4 Å². The molecule has 7 unspecified atom stereocenters. The smallest absolute Gasteiger partial charge is 0.329 e. The van der Waals surface area contributed by atoms with E-state index in [0.29, 0.717) is 47.5 Å². The SMILES string of the molecule is COC(=O)C(NC(=O)N1C(=O)C2(c3cc(C#CC4(O)CCCCCC4)ccc31)C(C(=O)N1CCc3cc(OC)c(OC)cc3C1)C1C(=O)OC(c3ccccc3)C(c3ccccc3)N1C2c1ccc(O)cc1)C(C)C. The van der Waals surface area contributed by atoms with Gasteiger partial charge in [0, 0.05) is 18.7 Å². The van der Waals surface area contributed by atoms with Crippen molar-refractivity contribution in [2.45, 2.75) is 107 Å². The number of methoxy groups -OCH3 is 3. The van der Waals surface area contributed by atoms with Crippen LogP contribution in [0.5, 0.6) is 17.2 Å². The van der Waals surface area contributed by atoms with E-state index in [1.165, 1.54) is 26.4 Å².